The molecule has 0 aliphatic rings. The van der Waals surface area contributed by atoms with E-state index in [4.69, 9.17) is 5.73 Å². The van der Waals surface area contributed by atoms with Gasteiger partial charge in [0.15, 0.2) is 5.13 Å². The summed E-state index contributed by atoms with van der Waals surface area (Å²) >= 11 is 1.25. The number of hydrogen-bond donors (Lipinski definition) is 3. The molecule has 4 N–H and O–H groups in total. The fourth-order valence-electron chi connectivity index (χ4n) is 2.59. The monoisotopic (exact) mass is 406 g/mol. The maximum absolute atomic E-state index is 12.7. The van der Waals surface area contributed by atoms with E-state index in [1.165, 1.54) is 11.3 Å². The number of hydrogen-bond acceptors (Lipinski definition) is 5. The number of nitrogens with zero attached hydrogens (tertiary/aromatic N) is 1. The molecule has 0 atom stereocenters. The molecule has 0 spiro atoms. The van der Waals surface area contributed by atoms with Gasteiger partial charge in [0.05, 0.1) is 16.9 Å². The molecule has 0 radical (unpaired) electrons. The van der Waals surface area contributed by atoms with E-state index in [1.54, 1.807) is 5.38 Å². The predicted octanol–water partition coefficient (Wildman–Crippen LogP) is 5.36. The van der Waals surface area contributed by atoms with Gasteiger partial charge in [-0.05, 0) is 43.2 Å². The molecule has 0 unspecified atom stereocenters. The van der Waals surface area contributed by atoms with Crippen molar-refractivity contribution in [1.29, 1.82) is 0 Å². The van der Waals surface area contributed by atoms with Crippen LogP contribution in [0.15, 0.2) is 41.8 Å². The summed E-state index contributed by atoms with van der Waals surface area (Å²) in [5.74, 6) is -0.558. The van der Waals surface area contributed by atoms with E-state index in [2.05, 4.69) is 15.6 Å². The highest BCUT2D eigenvalue weighted by molar-refractivity contribution is 7.14. The summed E-state index contributed by atoms with van der Waals surface area (Å²) in [6.45, 7) is 3.92. The number of nitrogen functional groups attached to an aromatic ring is 1. The molecule has 9 heteroatoms. The minimum Gasteiger partial charge on any atom is -0.397 e. The van der Waals surface area contributed by atoms with Crippen LogP contribution < -0.4 is 16.4 Å². The molecule has 1 heterocycles. The maximum Gasteiger partial charge on any atom is 0.416 e. The summed E-state index contributed by atoms with van der Waals surface area (Å²) in [4.78, 5) is 16.6. The Balaban J connectivity index is 1.74. The van der Waals surface area contributed by atoms with Crippen LogP contribution in [0.4, 0.5) is 35.4 Å². The highest BCUT2D eigenvalue weighted by Crippen LogP contribution is 2.33. The molecule has 3 aromatic rings. The van der Waals surface area contributed by atoms with Crippen LogP contribution >= 0.6 is 11.3 Å². The standard InChI is InChI=1S/C19H17F3N4OS/c1-10-4-3-5-11(2)16(10)26-18-25-15(9-28-18)17(27)24-14-7-6-12(8-13(14)23)19(20,21)22/h3-9H,23H2,1-2H3,(H,24,27)(H,25,26). The van der Waals surface area contributed by atoms with Gasteiger partial charge < -0.3 is 16.4 Å². The van der Waals surface area contributed by atoms with Crippen molar-refractivity contribution in [1.82, 2.24) is 4.98 Å². The van der Waals surface area contributed by atoms with Crippen LogP contribution in [0.1, 0.15) is 27.2 Å². The lowest BCUT2D eigenvalue weighted by Gasteiger charge is -2.11. The maximum atomic E-state index is 12.7. The first-order chi connectivity index (χ1) is 13.1. The van der Waals surface area contributed by atoms with Gasteiger partial charge in [-0.15, -0.1) is 11.3 Å². The highest BCUT2D eigenvalue weighted by Gasteiger charge is 2.31. The normalized spacial score (nSPS) is 11.3. The largest absolute Gasteiger partial charge is 0.416 e. The van der Waals surface area contributed by atoms with Crippen molar-refractivity contribution in [2.45, 2.75) is 20.0 Å². The number of aryl methyl sites for hydroxylation is 2. The summed E-state index contributed by atoms with van der Waals surface area (Å²) in [5.41, 5.74) is 7.81. The number of nitrogens with one attached hydrogen (secondary N) is 2. The number of rotatable bonds is 4. The van der Waals surface area contributed by atoms with E-state index < -0.39 is 17.6 Å². The third kappa shape index (κ3) is 4.25. The second kappa shape index (κ2) is 7.51. The van der Waals surface area contributed by atoms with Crippen molar-refractivity contribution >= 4 is 39.4 Å². The minimum atomic E-state index is -4.50. The Labute approximate surface area is 163 Å². The third-order valence-corrected chi connectivity index (χ3v) is 4.83. The van der Waals surface area contributed by atoms with E-state index in [0.717, 1.165) is 35.0 Å². The number of thiazole rings is 1. The molecule has 1 amide bonds. The van der Waals surface area contributed by atoms with Crippen molar-refractivity contribution in [3.8, 4) is 0 Å². The van der Waals surface area contributed by atoms with Crippen LogP contribution in [0.25, 0.3) is 0 Å². The number of anilines is 4. The van der Waals surface area contributed by atoms with E-state index >= 15 is 0 Å². The summed E-state index contributed by atoms with van der Waals surface area (Å²) < 4.78 is 38.1. The Hall–Kier alpha value is -3.07. The molecule has 2 aromatic carbocycles. The van der Waals surface area contributed by atoms with Gasteiger partial charge in [-0.25, -0.2) is 4.98 Å². The molecule has 0 aliphatic heterocycles. The lowest BCUT2D eigenvalue weighted by molar-refractivity contribution is -0.137. The Morgan fingerprint density at radius 1 is 1.14 bits per heavy atom. The lowest BCUT2D eigenvalue weighted by atomic mass is 10.1. The summed E-state index contributed by atoms with van der Waals surface area (Å²) in [6.07, 6.45) is -4.50. The first-order valence-corrected chi connectivity index (χ1v) is 9.10. The molecule has 146 valence electrons. The Morgan fingerprint density at radius 2 is 1.82 bits per heavy atom. The van der Waals surface area contributed by atoms with Gasteiger partial charge in [0.1, 0.15) is 5.69 Å². The van der Waals surface area contributed by atoms with Crippen LogP contribution in [-0.4, -0.2) is 10.9 Å². The van der Waals surface area contributed by atoms with Gasteiger partial charge in [-0.1, -0.05) is 18.2 Å². The zero-order valence-corrected chi connectivity index (χ0v) is 15.8. The first-order valence-electron chi connectivity index (χ1n) is 8.22. The molecular weight excluding hydrogens is 389 g/mol. The molecule has 0 fully saturated rings. The number of amides is 1. The summed E-state index contributed by atoms with van der Waals surface area (Å²) in [6, 6.07) is 8.64. The second-order valence-corrected chi connectivity index (χ2v) is 7.04. The number of carbonyl (C=O) groups excluding carboxylic acids is 1. The van der Waals surface area contributed by atoms with Crippen LogP contribution in [0, 0.1) is 13.8 Å². The van der Waals surface area contributed by atoms with E-state index in [9.17, 15) is 18.0 Å². The average Bonchev–Trinajstić information content (AvgIpc) is 3.08. The molecule has 0 aliphatic carbocycles. The van der Waals surface area contributed by atoms with Gasteiger partial charge in [0, 0.05) is 11.1 Å². The fraction of sp³-hybridized carbons (Fsp3) is 0.158. The average molecular weight is 406 g/mol. The Bertz CT molecular complexity index is 1010. The number of halogens is 3. The molecule has 28 heavy (non-hydrogen) atoms. The van der Waals surface area contributed by atoms with E-state index in [-0.39, 0.29) is 17.1 Å². The van der Waals surface area contributed by atoms with Crippen molar-refractivity contribution in [3.05, 3.63) is 64.2 Å². The van der Waals surface area contributed by atoms with Crippen LogP contribution in [-0.2, 0) is 6.18 Å². The van der Waals surface area contributed by atoms with Gasteiger partial charge in [0.25, 0.3) is 5.91 Å². The third-order valence-electron chi connectivity index (χ3n) is 4.08. The van der Waals surface area contributed by atoms with Crippen LogP contribution in [0.3, 0.4) is 0 Å². The van der Waals surface area contributed by atoms with Gasteiger partial charge in [-0.2, -0.15) is 13.2 Å². The summed E-state index contributed by atoms with van der Waals surface area (Å²) in [7, 11) is 0. The zero-order chi connectivity index (χ0) is 20.5. The van der Waals surface area contributed by atoms with Crippen molar-refractivity contribution in [2.24, 2.45) is 0 Å². The van der Waals surface area contributed by atoms with Gasteiger partial charge in [-0.3, -0.25) is 4.79 Å². The lowest BCUT2D eigenvalue weighted by Crippen LogP contribution is -2.14. The van der Waals surface area contributed by atoms with Gasteiger partial charge in [0.2, 0.25) is 0 Å². The second-order valence-electron chi connectivity index (χ2n) is 6.18. The topological polar surface area (TPSA) is 80.0 Å². The number of benzene rings is 2. The Kier molecular flexibility index (Phi) is 5.28. The molecule has 0 saturated carbocycles. The smallest absolute Gasteiger partial charge is 0.397 e. The SMILES string of the molecule is Cc1cccc(C)c1Nc1nc(C(=O)Nc2ccc(C(F)(F)F)cc2N)cs1. The van der Waals surface area contributed by atoms with Gasteiger partial charge >= 0.3 is 6.18 Å². The zero-order valence-electron chi connectivity index (χ0n) is 15.0. The molecule has 3 rings (SSSR count). The predicted molar refractivity (Wildman–Crippen MR) is 105 cm³/mol. The molecular formula is C19H17F3N4OS. The first kappa shape index (κ1) is 19.7. The number of nitrogens with two attached hydrogens (primary N) is 1. The van der Waals surface area contributed by atoms with Crippen molar-refractivity contribution in [2.75, 3.05) is 16.4 Å². The number of para-hydroxylation sites is 1. The minimum absolute atomic E-state index is 0.0928. The van der Waals surface area contributed by atoms with E-state index in [1.807, 2.05) is 32.0 Å². The number of carbonyl (C=O) groups is 1. The quantitative estimate of drug-likeness (QED) is 0.510. The fourth-order valence-corrected chi connectivity index (χ4v) is 3.29. The molecule has 0 saturated heterocycles. The van der Waals surface area contributed by atoms with Crippen molar-refractivity contribution < 1.29 is 18.0 Å². The van der Waals surface area contributed by atoms with E-state index in [0.29, 0.717) is 5.13 Å². The number of aromatic nitrogens is 1. The molecule has 5 nitrogen and oxygen atoms in total. The number of alkyl halides is 3. The highest BCUT2D eigenvalue weighted by atomic mass is 32.1. The molecule has 0 bridgehead atoms. The molecule has 1 aromatic heterocycles. The Morgan fingerprint density at radius 3 is 2.43 bits per heavy atom. The van der Waals surface area contributed by atoms with Crippen molar-refractivity contribution in [3.63, 3.8) is 0 Å². The summed E-state index contributed by atoms with van der Waals surface area (Å²) in [5, 5.41) is 7.77. The van der Waals surface area contributed by atoms with Crippen LogP contribution in [0.5, 0.6) is 0 Å². The van der Waals surface area contributed by atoms with Crippen LogP contribution in [0.2, 0.25) is 0 Å².